The van der Waals surface area contributed by atoms with Crippen LogP contribution in [0.25, 0.3) is 0 Å². The maximum absolute atomic E-state index is 11.7. The molecule has 0 atom stereocenters. The fourth-order valence-electron chi connectivity index (χ4n) is 1.55. The van der Waals surface area contributed by atoms with Crippen LogP contribution in [0.1, 0.15) is 10.4 Å². The summed E-state index contributed by atoms with van der Waals surface area (Å²) in [5, 5.41) is 0. The van der Waals surface area contributed by atoms with Gasteiger partial charge < -0.3 is 4.74 Å². The summed E-state index contributed by atoms with van der Waals surface area (Å²) in [6, 6.07) is 8.99. The van der Waals surface area contributed by atoms with Gasteiger partial charge in [-0.15, -0.1) is 13.2 Å². The van der Waals surface area contributed by atoms with Crippen LogP contribution in [0.15, 0.2) is 55.6 Å². The fourth-order valence-corrected chi connectivity index (χ4v) is 1.55. The number of carbonyl (C=O) groups is 1. The van der Waals surface area contributed by atoms with Crippen molar-refractivity contribution in [3.8, 4) is 0 Å². The van der Waals surface area contributed by atoms with Crippen LogP contribution in [0.3, 0.4) is 0 Å². The molecule has 0 aromatic heterocycles. The molecule has 0 saturated carbocycles. The van der Waals surface area contributed by atoms with Crippen LogP contribution in [-0.4, -0.2) is 37.1 Å². The Hall–Kier alpha value is -1.87. The average Bonchev–Trinajstić information content (AvgIpc) is 2.40. The number of ether oxygens (including phenoxy) is 1. The number of esters is 1. The predicted molar refractivity (Wildman–Crippen MR) is 73.6 cm³/mol. The highest BCUT2D eigenvalue weighted by atomic mass is 16.5. The van der Waals surface area contributed by atoms with E-state index in [4.69, 9.17) is 4.74 Å². The molecule has 0 spiro atoms. The zero-order valence-electron chi connectivity index (χ0n) is 10.5. The minimum Gasteiger partial charge on any atom is -0.461 e. The molecule has 0 amide bonds. The molecular formula is C15H19NO2. The zero-order chi connectivity index (χ0) is 13.2. The molecule has 1 aromatic carbocycles. The molecule has 18 heavy (non-hydrogen) atoms. The molecule has 0 aliphatic heterocycles. The quantitative estimate of drug-likeness (QED) is 0.520. The number of rotatable bonds is 8. The maximum atomic E-state index is 11.7. The summed E-state index contributed by atoms with van der Waals surface area (Å²) < 4.78 is 5.20. The van der Waals surface area contributed by atoms with Crippen molar-refractivity contribution in [2.45, 2.75) is 0 Å². The Morgan fingerprint density at radius 2 is 1.78 bits per heavy atom. The third kappa shape index (κ3) is 4.97. The SMILES string of the molecule is C=CCN(CC=C)CCOC(=O)c1ccccc1. The van der Waals surface area contributed by atoms with Crippen LogP contribution in [0.5, 0.6) is 0 Å². The van der Waals surface area contributed by atoms with E-state index in [0.717, 1.165) is 13.1 Å². The third-order valence-corrected chi connectivity index (χ3v) is 2.42. The average molecular weight is 245 g/mol. The van der Waals surface area contributed by atoms with Gasteiger partial charge in [-0.05, 0) is 12.1 Å². The summed E-state index contributed by atoms with van der Waals surface area (Å²) in [7, 11) is 0. The molecule has 1 rings (SSSR count). The molecule has 0 aliphatic carbocycles. The van der Waals surface area contributed by atoms with Gasteiger partial charge in [0.25, 0.3) is 0 Å². The summed E-state index contributed by atoms with van der Waals surface area (Å²) in [5.74, 6) is -0.284. The Kier molecular flexibility index (Phi) is 6.51. The van der Waals surface area contributed by atoms with Crippen LogP contribution in [0, 0.1) is 0 Å². The van der Waals surface area contributed by atoms with E-state index in [1.165, 1.54) is 0 Å². The summed E-state index contributed by atoms with van der Waals surface area (Å²) in [6.45, 7) is 9.94. The van der Waals surface area contributed by atoms with Crippen LogP contribution in [-0.2, 0) is 4.74 Å². The summed E-state index contributed by atoms with van der Waals surface area (Å²) >= 11 is 0. The van der Waals surface area contributed by atoms with Crippen LogP contribution >= 0.6 is 0 Å². The largest absolute Gasteiger partial charge is 0.461 e. The van der Waals surface area contributed by atoms with E-state index in [1.54, 1.807) is 12.1 Å². The zero-order valence-corrected chi connectivity index (χ0v) is 10.5. The van der Waals surface area contributed by atoms with E-state index >= 15 is 0 Å². The Bertz CT molecular complexity index is 377. The Morgan fingerprint density at radius 3 is 2.33 bits per heavy atom. The van der Waals surface area contributed by atoms with Crippen molar-refractivity contribution in [2.75, 3.05) is 26.2 Å². The van der Waals surface area contributed by atoms with Gasteiger partial charge in [0.2, 0.25) is 0 Å². The van der Waals surface area contributed by atoms with Gasteiger partial charge in [0, 0.05) is 19.6 Å². The lowest BCUT2D eigenvalue weighted by atomic mass is 10.2. The number of hydrogen-bond donors (Lipinski definition) is 0. The van der Waals surface area contributed by atoms with E-state index in [2.05, 4.69) is 18.1 Å². The van der Waals surface area contributed by atoms with Gasteiger partial charge in [0.05, 0.1) is 5.56 Å². The highest BCUT2D eigenvalue weighted by molar-refractivity contribution is 5.89. The second-order valence-corrected chi connectivity index (χ2v) is 3.84. The van der Waals surface area contributed by atoms with Gasteiger partial charge in [-0.1, -0.05) is 30.4 Å². The first-order chi connectivity index (χ1) is 8.77. The lowest BCUT2D eigenvalue weighted by Gasteiger charge is -2.18. The lowest BCUT2D eigenvalue weighted by Crippen LogP contribution is -2.28. The van der Waals surface area contributed by atoms with Gasteiger partial charge >= 0.3 is 5.97 Å². The van der Waals surface area contributed by atoms with Crippen LogP contribution < -0.4 is 0 Å². The number of nitrogens with zero attached hydrogens (tertiary/aromatic N) is 1. The van der Waals surface area contributed by atoms with Gasteiger partial charge in [-0.2, -0.15) is 0 Å². The Balaban J connectivity index is 2.34. The molecule has 0 fully saturated rings. The molecule has 0 heterocycles. The normalized spacial score (nSPS) is 10.1. The van der Waals surface area contributed by atoms with Gasteiger partial charge in [-0.25, -0.2) is 4.79 Å². The van der Waals surface area contributed by atoms with Crippen LogP contribution in [0.2, 0.25) is 0 Å². The molecule has 3 nitrogen and oxygen atoms in total. The monoisotopic (exact) mass is 245 g/mol. The molecule has 96 valence electrons. The molecule has 0 N–H and O–H groups in total. The van der Waals surface area contributed by atoms with Gasteiger partial charge in [-0.3, -0.25) is 4.90 Å². The van der Waals surface area contributed by atoms with Crippen molar-refractivity contribution >= 4 is 5.97 Å². The van der Waals surface area contributed by atoms with E-state index in [1.807, 2.05) is 30.4 Å². The van der Waals surface area contributed by atoms with E-state index in [9.17, 15) is 4.79 Å². The second kappa shape index (κ2) is 8.25. The fraction of sp³-hybridized carbons (Fsp3) is 0.267. The van der Waals surface area contributed by atoms with Crippen LogP contribution in [0.4, 0.5) is 0 Å². The van der Waals surface area contributed by atoms with E-state index in [0.29, 0.717) is 18.7 Å². The van der Waals surface area contributed by atoms with Crippen molar-refractivity contribution in [1.29, 1.82) is 0 Å². The van der Waals surface area contributed by atoms with E-state index < -0.39 is 0 Å². The first kappa shape index (κ1) is 14.2. The Morgan fingerprint density at radius 1 is 1.17 bits per heavy atom. The summed E-state index contributed by atoms with van der Waals surface area (Å²) in [4.78, 5) is 13.8. The molecule has 0 saturated heterocycles. The number of carbonyl (C=O) groups excluding carboxylic acids is 1. The molecule has 0 aliphatic rings. The van der Waals surface area contributed by atoms with Crippen molar-refractivity contribution < 1.29 is 9.53 Å². The predicted octanol–water partition coefficient (Wildman–Crippen LogP) is 2.52. The molecule has 0 bridgehead atoms. The second-order valence-electron chi connectivity index (χ2n) is 3.84. The summed E-state index contributed by atoms with van der Waals surface area (Å²) in [6.07, 6.45) is 3.64. The number of hydrogen-bond acceptors (Lipinski definition) is 3. The first-order valence-corrected chi connectivity index (χ1v) is 5.94. The molecule has 1 aromatic rings. The summed E-state index contributed by atoms with van der Waals surface area (Å²) in [5.41, 5.74) is 0.580. The molecule has 0 radical (unpaired) electrons. The molecular weight excluding hydrogens is 226 g/mol. The van der Waals surface area contributed by atoms with Crippen molar-refractivity contribution in [1.82, 2.24) is 4.90 Å². The minimum atomic E-state index is -0.284. The van der Waals surface area contributed by atoms with Crippen molar-refractivity contribution in [2.24, 2.45) is 0 Å². The number of benzene rings is 1. The molecule has 0 unspecified atom stereocenters. The van der Waals surface area contributed by atoms with Gasteiger partial charge in [0.1, 0.15) is 6.61 Å². The topological polar surface area (TPSA) is 29.5 Å². The van der Waals surface area contributed by atoms with Crippen molar-refractivity contribution in [3.05, 3.63) is 61.2 Å². The highest BCUT2D eigenvalue weighted by Gasteiger charge is 2.07. The molecule has 3 heteroatoms. The first-order valence-electron chi connectivity index (χ1n) is 5.94. The standard InChI is InChI=1S/C15H19NO2/c1-3-10-16(11-4-2)12-13-18-15(17)14-8-6-5-7-9-14/h3-9H,1-2,10-13H2. The third-order valence-electron chi connectivity index (χ3n) is 2.42. The van der Waals surface area contributed by atoms with Crippen molar-refractivity contribution in [3.63, 3.8) is 0 Å². The minimum absolute atomic E-state index is 0.284. The highest BCUT2D eigenvalue weighted by Crippen LogP contribution is 2.01. The maximum Gasteiger partial charge on any atom is 0.338 e. The smallest absolute Gasteiger partial charge is 0.338 e. The van der Waals surface area contributed by atoms with E-state index in [-0.39, 0.29) is 5.97 Å². The van der Waals surface area contributed by atoms with Gasteiger partial charge in [0.15, 0.2) is 0 Å². The lowest BCUT2D eigenvalue weighted by molar-refractivity contribution is 0.0472. The Labute approximate surface area is 108 Å².